The third-order valence-corrected chi connectivity index (χ3v) is 3.75. The molecular formula is C15H29N3O. The van der Waals surface area contributed by atoms with Gasteiger partial charge in [0.1, 0.15) is 0 Å². The number of amides is 1. The normalized spacial score (nSPS) is 21.1. The van der Waals surface area contributed by atoms with Gasteiger partial charge >= 0.3 is 0 Å². The molecule has 2 N–H and O–H groups in total. The number of carbonyl (C=O) groups excluding carboxylic acids is 1. The van der Waals surface area contributed by atoms with E-state index in [9.17, 15) is 4.79 Å². The van der Waals surface area contributed by atoms with E-state index in [1.807, 2.05) is 6.92 Å². The molecular weight excluding hydrogens is 238 g/mol. The van der Waals surface area contributed by atoms with Crippen LogP contribution < -0.4 is 10.6 Å². The molecule has 2 atom stereocenters. The molecule has 1 aliphatic heterocycles. The van der Waals surface area contributed by atoms with Gasteiger partial charge in [0.15, 0.2) is 0 Å². The highest BCUT2D eigenvalue weighted by atomic mass is 16.2. The zero-order valence-corrected chi connectivity index (χ0v) is 12.5. The molecule has 2 unspecified atom stereocenters. The van der Waals surface area contributed by atoms with Gasteiger partial charge in [-0.1, -0.05) is 13.0 Å². The molecule has 1 saturated heterocycles. The first-order chi connectivity index (χ1) is 9.19. The van der Waals surface area contributed by atoms with Gasteiger partial charge in [0.2, 0.25) is 5.91 Å². The van der Waals surface area contributed by atoms with E-state index in [-0.39, 0.29) is 11.9 Å². The van der Waals surface area contributed by atoms with Crippen molar-refractivity contribution in [2.45, 2.75) is 39.2 Å². The number of carbonyl (C=O) groups is 1. The van der Waals surface area contributed by atoms with Crippen LogP contribution in [0, 0.1) is 5.92 Å². The van der Waals surface area contributed by atoms with Crippen LogP contribution in [0.3, 0.4) is 0 Å². The van der Waals surface area contributed by atoms with Gasteiger partial charge in [-0.15, -0.1) is 6.58 Å². The Hall–Kier alpha value is -0.870. The van der Waals surface area contributed by atoms with Gasteiger partial charge in [-0.25, -0.2) is 0 Å². The summed E-state index contributed by atoms with van der Waals surface area (Å²) in [5.74, 6) is 0.784. The molecule has 1 fully saturated rings. The topological polar surface area (TPSA) is 44.4 Å². The summed E-state index contributed by atoms with van der Waals surface area (Å²) in [5.41, 5.74) is 0. The Balaban J connectivity index is 2.48. The first-order valence-electron chi connectivity index (χ1n) is 7.52. The van der Waals surface area contributed by atoms with Crippen molar-refractivity contribution < 1.29 is 4.79 Å². The lowest BCUT2D eigenvalue weighted by Crippen LogP contribution is -2.48. The van der Waals surface area contributed by atoms with Crippen LogP contribution in [0.25, 0.3) is 0 Å². The number of nitrogens with one attached hydrogen (secondary N) is 2. The van der Waals surface area contributed by atoms with Gasteiger partial charge in [-0.3, -0.25) is 9.69 Å². The summed E-state index contributed by atoms with van der Waals surface area (Å²) in [4.78, 5) is 14.4. The molecule has 4 heteroatoms. The van der Waals surface area contributed by atoms with Gasteiger partial charge in [0.05, 0.1) is 6.04 Å². The van der Waals surface area contributed by atoms with E-state index in [4.69, 9.17) is 0 Å². The number of rotatable bonds is 8. The fraction of sp³-hybridized carbons (Fsp3) is 0.800. The second kappa shape index (κ2) is 9.10. The first kappa shape index (κ1) is 16.2. The van der Waals surface area contributed by atoms with E-state index in [2.05, 4.69) is 29.0 Å². The van der Waals surface area contributed by atoms with Crippen molar-refractivity contribution in [3.8, 4) is 0 Å². The quantitative estimate of drug-likeness (QED) is 0.653. The maximum atomic E-state index is 12.0. The highest BCUT2D eigenvalue weighted by Gasteiger charge is 2.24. The van der Waals surface area contributed by atoms with Crippen LogP contribution in [0.5, 0.6) is 0 Å². The zero-order chi connectivity index (χ0) is 14.1. The van der Waals surface area contributed by atoms with E-state index in [0.717, 1.165) is 32.6 Å². The van der Waals surface area contributed by atoms with Crippen LogP contribution in [0.4, 0.5) is 0 Å². The SMILES string of the molecule is C=CCNC(=O)C(C)N(CCC)CC1CCCNC1. The summed E-state index contributed by atoms with van der Waals surface area (Å²) < 4.78 is 0. The van der Waals surface area contributed by atoms with Crippen molar-refractivity contribution >= 4 is 5.91 Å². The molecule has 0 saturated carbocycles. The fourth-order valence-electron chi connectivity index (χ4n) is 2.63. The lowest BCUT2D eigenvalue weighted by Gasteiger charge is -2.33. The molecule has 110 valence electrons. The van der Waals surface area contributed by atoms with E-state index < -0.39 is 0 Å². The third-order valence-electron chi connectivity index (χ3n) is 3.75. The van der Waals surface area contributed by atoms with Crippen molar-refractivity contribution in [2.24, 2.45) is 5.92 Å². The van der Waals surface area contributed by atoms with Crippen molar-refractivity contribution in [3.05, 3.63) is 12.7 Å². The van der Waals surface area contributed by atoms with E-state index >= 15 is 0 Å². The van der Waals surface area contributed by atoms with Gasteiger partial charge in [0, 0.05) is 13.1 Å². The Morgan fingerprint density at radius 2 is 2.42 bits per heavy atom. The largest absolute Gasteiger partial charge is 0.351 e. The maximum Gasteiger partial charge on any atom is 0.237 e. The second-order valence-corrected chi connectivity index (χ2v) is 5.42. The van der Waals surface area contributed by atoms with Gasteiger partial charge in [-0.2, -0.15) is 0 Å². The van der Waals surface area contributed by atoms with Crippen molar-refractivity contribution in [1.29, 1.82) is 0 Å². The van der Waals surface area contributed by atoms with Crippen molar-refractivity contribution in [2.75, 3.05) is 32.7 Å². The zero-order valence-electron chi connectivity index (χ0n) is 12.5. The standard InChI is InChI=1S/C15H29N3O/c1-4-8-17-15(19)13(3)18(10-5-2)12-14-7-6-9-16-11-14/h4,13-14,16H,1,5-12H2,2-3H3,(H,17,19). The average molecular weight is 267 g/mol. The van der Waals surface area contributed by atoms with Crippen LogP contribution in [-0.4, -0.2) is 49.6 Å². The first-order valence-corrected chi connectivity index (χ1v) is 7.52. The fourth-order valence-corrected chi connectivity index (χ4v) is 2.63. The Kier molecular flexibility index (Phi) is 7.75. The Morgan fingerprint density at radius 3 is 3.00 bits per heavy atom. The van der Waals surface area contributed by atoms with Gasteiger partial charge in [-0.05, 0) is 51.7 Å². The smallest absolute Gasteiger partial charge is 0.237 e. The third kappa shape index (κ3) is 5.74. The number of piperidine rings is 1. The predicted octanol–water partition coefficient (Wildman–Crippen LogP) is 1.39. The van der Waals surface area contributed by atoms with E-state index in [1.165, 1.54) is 12.8 Å². The minimum Gasteiger partial charge on any atom is -0.351 e. The van der Waals surface area contributed by atoms with Crippen LogP contribution in [-0.2, 0) is 4.79 Å². The van der Waals surface area contributed by atoms with Crippen LogP contribution in [0.2, 0.25) is 0 Å². The summed E-state index contributed by atoms with van der Waals surface area (Å²) in [6.07, 6.45) is 5.33. The van der Waals surface area contributed by atoms with E-state index in [1.54, 1.807) is 6.08 Å². The van der Waals surface area contributed by atoms with E-state index in [0.29, 0.717) is 12.5 Å². The van der Waals surface area contributed by atoms with Crippen molar-refractivity contribution in [1.82, 2.24) is 15.5 Å². The lowest BCUT2D eigenvalue weighted by atomic mass is 9.98. The molecule has 0 aliphatic carbocycles. The molecule has 19 heavy (non-hydrogen) atoms. The molecule has 1 amide bonds. The Bertz CT molecular complexity index is 275. The number of hydrogen-bond donors (Lipinski definition) is 2. The molecule has 1 rings (SSSR count). The Labute approximate surface area is 117 Å². The predicted molar refractivity (Wildman–Crippen MR) is 80.1 cm³/mol. The molecule has 0 aromatic rings. The van der Waals surface area contributed by atoms with Gasteiger partial charge < -0.3 is 10.6 Å². The molecule has 0 bridgehead atoms. The molecule has 4 nitrogen and oxygen atoms in total. The highest BCUT2D eigenvalue weighted by Crippen LogP contribution is 2.14. The van der Waals surface area contributed by atoms with Crippen LogP contribution in [0.15, 0.2) is 12.7 Å². The summed E-state index contributed by atoms with van der Waals surface area (Å²) >= 11 is 0. The summed E-state index contributed by atoms with van der Waals surface area (Å²) in [7, 11) is 0. The second-order valence-electron chi connectivity index (χ2n) is 5.42. The highest BCUT2D eigenvalue weighted by molar-refractivity contribution is 5.81. The average Bonchev–Trinajstić information content (AvgIpc) is 2.44. The molecule has 0 aromatic carbocycles. The summed E-state index contributed by atoms with van der Waals surface area (Å²) in [6, 6.07) is -0.0539. The monoisotopic (exact) mass is 267 g/mol. The molecule has 1 aliphatic rings. The lowest BCUT2D eigenvalue weighted by molar-refractivity contribution is -0.125. The summed E-state index contributed by atoms with van der Waals surface area (Å²) in [5, 5.41) is 6.34. The van der Waals surface area contributed by atoms with Crippen LogP contribution in [0.1, 0.15) is 33.1 Å². The number of hydrogen-bond acceptors (Lipinski definition) is 3. The molecule has 0 spiro atoms. The molecule has 0 radical (unpaired) electrons. The van der Waals surface area contributed by atoms with Gasteiger partial charge in [0.25, 0.3) is 0 Å². The minimum absolute atomic E-state index is 0.0539. The molecule has 0 aromatic heterocycles. The summed E-state index contributed by atoms with van der Waals surface area (Å²) in [6.45, 7) is 12.6. The molecule has 1 heterocycles. The number of nitrogens with zero attached hydrogens (tertiary/aromatic N) is 1. The maximum absolute atomic E-state index is 12.0. The van der Waals surface area contributed by atoms with Crippen LogP contribution >= 0.6 is 0 Å². The minimum atomic E-state index is -0.0539. The Morgan fingerprint density at radius 1 is 1.63 bits per heavy atom. The van der Waals surface area contributed by atoms with Crippen molar-refractivity contribution in [3.63, 3.8) is 0 Å².